The summed E-state index contributed by atoms with van der Waals surface area (Å²) in [5, 5.41) is 21.7. The van der Waals surface area contributed by atoms with Crippen molar-refractivity contribution in [3.05, 3.63) is 116 Å². The average molecular weight is 473 g/mol. The SMILES string of the molecule is CCC(c1c(O)cc(C)n(Cc2ccccn2)c1=O)c1c(O)cc(C)n(Cc2ccccn2)c1=O. The lowest BCUT2D eigenvalue weighted by Crippen LogP contribution is -2.32. The van der Waals surface area contributed by atoms with E-state index in [1.165, 1.54) is 21.3 Å². The first-order chi connectivity index (χ1) is 16.8. The van der Waals surface area contributed by atoms with Gasteiger partial charge in [0.2, 0.25) is 0 Å². The standard InChI is InChI=1S/C27H28N4O4/c1-4-21(24-22(32)13-17(2)30(26(24)34)15-19-9-5-7-11-28-19)25-23(33)14-18(3)31(27(25)35)16-20-10-6-8-12-29-20/h5-14,21,32-33H,4,15-16H2,1-3H3. The van der Waals surface area contributed by atoms with Crippen LogP contribution in [0.2, 0.25) is 0 Å². The maximum Gasteiger partial charge on any atom is 0.258 e. The fourth-order valence-corrected chi connectivity index (χ4v) is 4.45. The molecule has 4 aromatic heterocycles. The summed E-state index contributed by atoms with van der Waals surface area (Å²) in [5.74, 6) is -1.21. The molecule has 0 radical (unpaired) electrons. The highest BCUT2D eigenvalue weighted by molar-refractivity contribution is 5.46. The van der Waals surface area contributed by atoms with E-state index in [4.69, 9.17) is 0 Å². The molecule has 0 fully saturated rings. The third-order valence-corrected chi connectivity index (χ3v) is 6.24. The van der Waals surface area contributed by atoms with E-state index in [1.807, 2.05) is 31.2 Å². The van der Waals surface area contributed by atoms with Crippen molar-refractivity contribution < 1.29 is 10.2 Å². The Balaban J connectivity index is 1.86. The zero-order valence-corrected chi connectivity index (χ0v) is 20.0. The van der Waals surface area contributed by atoms with Crippen LogP contribution in [0, 0.1) is 13.8 Å². The largest absolute Gasteiger partial charge is 0.507 e. The maximum absolute atomic E-state index is 13.6. The Morgan fingerprint density at radius 1 is 0.771 bits per heavy atom. The van der Waals surface area contributed by atoms with Gasteiger partial charge in [-0.25, -0.2) is 0 Å². The van der Waals surface area contributed by atoms with Gasteiger partial charge in [-0.1, -0.05) is 19.1 Å². The topological polar surface area (TPSA) is 110 Å². The highest BCUT2D eigenvalue weighted by atomic mass is 16.3. The Bertz CT molecular complexity index is 1350. The van der Waals surface area contributed by atoms with Gasteiger partial charge in [0.1, 0.15) is 11.5 Å². The van der Waals surface area contributed by atoms with Crippen molar-refractivity contribution in [1.29, 1.82) is 0 Å². The highest BCUT2D eigenvalue weighted by Crippen LogP contribution is 2.35. The number of rotatable bonds is 7. The molecule has 0 unspecified atom stereocenters. The van der Waals surface area contributed by atoms with Crippen molar-refractivity contribution in [2.24, 2.45) is 0 Å². The van der Waals surface area contributed by atoms with Crippen LogP contribution in [0.15, 0.2) is 70.5 Å². The van der Waals surface area contributed by atoms with Gasteiger partial charge in [0.05, 0.1) is 35.6 Å². The molecule has 180 valence electrons. The van der Waals surface area contributed by atoms with Crippen LogP contribution in [0.1, 0.15) is 53.2 Å². The van der Waals surface area contributed by atoms with E-state index in [0.29, 0.717) is 29.2 Å². The molecule has 0 atom stereocenters. The van der Waals surface area contributed by atoms with Gasteiger partial charge in [-0.3, -0.25) is 19.6 Å². The molecule has 0 spiro atoms. The predicted octanol–water partition coefficient (Wildman–Crippen LogP) is 3.47. The van der Waals surface area contributed by atoms with E-state index in [9.17, 15) is 19.8 Å². The Morgan fingerprint density at radius 2 is 1.20 bits per heavy atom. The van der Waals surface area contributed by atoms with Gasteiger partial charge in [0, 0.05) is 29.7 Å². The summed E-state index contributed by atoms with van der Waals surface area (Å²) in [7, 11) is 0. The lowest BCUT2D eigenvalue weighted by molar-refractivity contribution is 0.442. The molecule has 4 rings (SSSR count). The first-order valence-corrected chi connectivity index (χ1v) is 11.5. The highest BCUT2D eigenvalue weighted by Gasteiger charge is 2.28. The second kappa shape index (κ2) is 9.97. The minimum atomic E-state index is -0.804. The van der Waals surface area contributed by atoms with E-state index in [2.05, 4.69) is 9.97 Å². The first kappa shape index (κ1) is 23.9. The molecule has 0 amide bonds. The smallest absolute Gasteiger partial charge is 0.258 e. The van der Waals surface area contributed by atoms with Crippen molar-refractivity contribution in [3.63, 3.8) is 0 Å². The molecule has 0 aromatic carbocycles. The molecule has 0 saturated carbocycles. The fraction of sp³-hybridized carbons (Fsp3) is 0.259. The van der Waals surface area contributed by atoms with Crippen LogP contribution in [-0.2, 0) is 13.1 Å². The number of nitrogens with zero attached hydrogens (tertiary/aromatic N) is 4. The second-order valence-electron chi connectivity index (χ2n) is 8.55. The van der Waals surface area contributed by atoms with E-state index in [0.717, 1.165) is 0 Å². The Hall–Kier alpha value is -4.20. The van der Waals surface area contributed by atoms with Crippen LogP contribution < -0.4 is 11.1 Å². The van der Waals surface area contributed by atoms with Crippen molar-refractivity contribution in [1.82, 2.24) is 19.1 Å². The van der Waals surface area contributed by atoms with Crippen LogP contribution in [0.5, 0.6) is 11.5 Å². The number of pyridine rings is 4. The minimum absolute atomic E-state index is 0.0784. The number of aromatic nitrogens is 4. The van der Waals surface area contributed by atoms with E-state index in [-0.39, 0.29) is 35.7 Å². The van der Waals surface area contributed by atoms with Crippen molar-refractivity contribution in [2.75, 3.05) is 0 Å². The third kappa shape index (κ3) is 4.73. The van der Waals surface area contributed by atoms with Gasteiger partial charge in [-0.15, -0.1) is 0 Å². The summed E-state index contributed by atoms with van der Waals surface area (Å²) in [6.07, 6.45) is 3.63. The zero-order chi connectivity index (χ0) is 25.1. The summed E-state index contributed by atoms with van der Waals surface area (Å²) in [5.41, 5.74) is 1.84. The quantitative estimate of drug-likeness (QED) is 0.426. The molecule has 0 bridgehead atoms. The average Bonchev–Trinajstić information content (AvgIpc) is 2.84. The Labute approximate surface area is 202 Å². The molecule has 4 heterocycles. The van der Waals surface area contributed by atoms with Crippen molar-refractivity contribution >= 4 is 0 Å². The van der Waals surface area contributed by atoms with Gasteiger partial charge in [0.15, 0.2) is 0 Å². The van der Waals surface area contributed by atoms with Crippen molar-refractivity contribution in [2.45, 2.75) is 46.2 Å². The number of aryl methyl sites for hydroxylation is 2. The zero-order valence-electron chi connectivity index (χ0n) is 20.0. The monoisotopic (exact) mass is 472 g/mol. The molecule has 0 aliphatic carbocycles. The van der Waals surface area contributed by atoms with Crippen LogP contribution in [0.25, 0.3) is 0 Å². The van der Waals surface area contributed by atoms with Gasteiger partial charge >= 0.3 is 0 Å². The number of hydrogen-bond donors (Lipinski definition) is 2. The van der Waals surface area contributed by atoms with E-state index < -0.39 is 17.0 Å². The summed E-state index contributed by atoms with van der Waals surface area (Å²) >= 11 is 0. The van der Waals surface area contributed by atoms with Crippen LogP contribution in [-0.4, -0.2) is 29.3 Å². The molecule has 2 N–H and O–H groups in total. The fourth-order valence-electron chi connectivity index (χ4n) is 4.45. The third-order valence-electron chi connectivity index (χ3n) is 6.24. The Kier molecular flexibility index (Phi) is 6.82. The number of hydrogen-bond acceptors (Lipinski definition) is 6. The second-order valence-corrected chi connectivity index (χ2v) is 8.55. The van der Waals surface area contributed by atoms with Crippen LogP contribution >= 0.6 is 0 Å². The molecular formula is C27H28N4O4. The Morgan fingerprint density at radius 3 is 1.54 bits per heavy atom. The molecule has 35 heavy (non-hydrogen) atoms. The van der Waals surface area contributed by atoms with Crippen molar-refractivity contribution in [3.8, 4) is 11.5 Å². The molecule has 8 heteroatoms. The molecule has 0 aliphatic heterocycles. The summed E-state index contributed by atoms with van der Waals surface area (Å²) < 4.78 is 3.05. The lowest BCUT2D eigenvalue weighted by atomic mass is 9.88. The lowest BCUT2D eigenvalue weighted by Gasteiger charge is -2.22. The molecule has 0 saturated heterocycles. The summed E-state index contributed by atoms with van der Waals surface area (Å²) in [4.78, 5) is 35.9. The van der Waals surface area contributed by atoms with Gasteiger partial charge < -0.3 is 19.3 Å². The van der Waals surface area contributed by atoms with Gasteiger partial charge in [-0.2, -0.15) is 0 Å². The first-order valence-electron chi connectivity index (χ1n) is 11.5. The minimum Gasteiger partial charge on any atom is -0.507 e. The van der Waals surface area contributed by atoms with E-state index >= 15 is 0 Å². The van der Waals surface area contributed by atoms with E-state index in [1.54, 1.807) is 38.4 Å². The summed E-state index contributed by atoms with van der Waals surface area (Å²) in [6.45, 7) is 5.72. The van der Waals surface area contributed by atoms with Crippen LogP contribution in [0.3, 0.4) is 0 Å². The summed E-state index contributed by atoms with van der Waals surface area (Å²) in [6, 6.07) is 13.9. The maximum atomic E-state index is 13.6. The normalized spacial score (nSPS) is 11.2. The number of aromatic hydroxyl groups is 2. The van der Waals surface area contributed by atoms with Gasteiger partial charge in [0.25, 0.3) is 11.1 Å². The molecular weight excluding hydrogens is 444 g/mol. The predicted molar refractivity (Wildman–Crippen MR) is 133 cm³/mol. The molecule has 0 aliphatic rings. The van der Waals surface area contributed by atoms with Gasteiger partial charge in [-0.05, 0) is 56.7 Å². The molecule has 8 nitrogen and oxygen atoms in total. The molecule has 4 aromatic rings. The van der Waals surface area contributed by atoms with Crippen LogP contribution in [0.4, 0.5) is 0 Å².